The topological polar surface area (TPSA) is 55.6 Å². The molecule has 6 heteroatoms. The van der Waals surface area contributed by atoms with Crippen LogP contribution in [0.15, 0.2) is 17.0 Å². The fourth-order valence-corrected chi connectivity index (χ4v) is 2.53. The Balaban J connectivity index is 2.63. The van der Waals surface area contributed by atoms with E-state index in [1.807, 2.05) is 18.7 Å². The molecule has 0 saturated heterocycles. The van der Waals surface area contributed by atoms with Crippen molar-refractivity contribution >= 4 is 21.7 Å². The Kier molecular flexibility index (Phi) is 3.65. The molecule has 96 valence electrons. The van der Waals surface area contributed by atoms with Crippen LogP contribution < -0.4 is 5.32 Å². The Morgan fingerprint density at radius 2 is 2.06 bits per heavy atom. The lowest BCUT2D eigenvalue weighted by Gasteiger charge is -2.13. The van der Waals surface area contributed by atoms with Gasteiger partial charge in [-0.05, 0) is 21.8 Å². The molecule has 0 aliphatic heterocycles. The van der Waals surface area contributed by atoms with Crippen molar-refractivity contribution in [2.24, 2.45) is 7.05 Å². The number of imidazole rings is 1. The van der Waals surface area contributed by atoms with Gasteiger partial charge in [0.05, 0.1) is 22.7 Å². The van der Waals surface area contributed by atoms with Gasteiger partial charge in [0.25, 0.3) is 0 Å². The quantitative estimate of drug-likeness (QED) is 0.947. The zero-order valence-electron chi connectivity index (χ0n) is 10.9. The van der Waals surface area contributed by atoms with Gasteiger partial charge in [-0.2, -0.15) is 0 Å². The van der Waals surface area contributed by atoms with Gasteiger partial charge < -0.3 is 9.88 Å². The summed E-state index contributed by atoms with van der Waals surface area (Å²) in [6, 6.07) is 0. The number of halogens is 1. The number of aryl methyl sites for hydroxylation is 1. The third-order valence-corrected chi connectivity index (χ3v) is 3.49. The summed E-state index contributed by atoms with van der Waals surface area (Å²) >= 11 is 3.55. The highest BCUT2D eigenvalue weighted by atomic mass is 79.9. The normalized spacial score (nSPS) is 11.0. The Hall–Kier alpha value is -1.43. The first-order valence-corrected chi connectivity index (χ1v) is 6.55. The van der Waals surface area contributed by atoms with E-state index < -0.39 is 0 Å². The Morgan fingerprint density at radius 3 is 2.56 bits per heavy atom. The maximum Gasteiger partial charge on any atom is 0.180 e. The van der Waals surface area contributed by atoms with E-state index in [2.05, 4.69) is 50.0 Å². The van der Waals surface area contributed by atoms with Crippen molar-refractivity contribution in [1.29, 1.82) is 0 Å². The number of hydrogen-bond acceptors (Lipinski definition) is 4. The summed E-state index contributed by atoms with van der Waals surface area (Å²) in [5, 5.41) is 3.08. The molecular formula is C12H16BrN5. The third-order valence-electron chi connectivity index (χ3n) is 2.71. The van der Waals surface area contributed by atoms with Crippen LogP contribution in [0.3, 0.4) is 0 Å². The van der Waals surface area contributed by atoms with E-state index in [1.165, 1.54) is 0 Å². The Morgan fingerprint density at radius 1 is 1.33 bits per heavy atom. The van der Waals surface area contributed by atoms with Gasteiger partial charge >= 0.3 is 0 Å². The van der Waals surface area contributed by atoms with Crippen LogP contribution >= 0.6 is 15.9 Å². The average Bonchev–Trinajstić information content (AvgIpc) is 2.75. The second-order valence-corrected chi connectivity index (χ2v) is 5.18. The van der Waals surface area contributed by atoms with Crippen LogP contribution in [-0.2, 0) is 7.05 Å². The second-order valence-electron chi connectivity index (χ2n) is 4.39. The van der Waals surface area contributed by atoms with Gasteiger partial charge in [-0.25, -0.2) is 15.0 Å². The van der Waals surface area contributed by atoms with Crippen molar-refractivity contribution in [3.05, 3.63) is 22.7 Å². The largest absolute Gasteiger partial charge is 0.372 e. The molecule has 0 radical (unpaired) electrons. The minimum absolute atomic E-state index is 0.321. The molecule has 2 rings (SSSR count). The van der Waals surface area contributed by atoms with E-state index in [-0.39, 0.29) is 0 Å². The van der Waals surface area contributed by atoms with Gasteiger partial charge in [-0.3, -0.25) is 0 Å². The van der Waals surface area contributed by atoms with E-state index >= 15 is 0 Å². The smallest absolute Gasteiger partial charge is 0.180 e. The van der Waals surface area contributed by atoms with Gasteiger partial charge in [-0.1, -0.05) is 13.8 Å². The minimum atomic E-state index is 0.321. The van der Waals surface area contributed by atoms with Crippen molar-refractivity contribution in [2.75, 3.05) is 12.4 Å². The molecule has 1 N–H and O–H groups in total. The molecule has 2 heterocycles. The molecule has 0 atom stereocenters. The summed E-state index contributed by atoms with van der Waals surface area (Å²) < 4.78 is 2.83. The molecule has 0 saturated carbocycles. The van der Waals surface area contributed by atoms with Gasteiger partial charge in [-0.15, -0.1) is 0 Å². The SMILES string of the molecule is CNc1nc(-c2cncn2C)nc(C(C)C)c1Br. The van der Waals surface area contributed by atoms with E-state index in [9.17, 15) is 0 Å². The first kappa shape index (κ1) is 13.0. The van der Waals surface area contributed by atoms with Gasteiger partial charge in [0.1, 0.15) is 11.5 Å². The van der Waals surface area contributed by atoms with E-state index in [4.69, 9.17) is 0 Å². The number of nitrogens with zero attached hydrogens (tertiary/aromatic N) is 4. The molecule has 0 aromatic carbocycles. The average molecular weight is 310 g/mol. The first-order chi connectivity index (χ1) is 8.54. The monoisotopic (exact) mass is 309 g/mol. The zero-order chi connectivity index (χ0) is 13.3. The fraction of sp³-hybridized carbons (Fsp3) is 0.417. The van der Waals surface area contributed by atoms with Crippen molar-refractivity contribution in [2.45, 2.75) is 19.8 Å². The minimum Gasteiger partial charge on any atom is -0.372 e. The summed E-state index contributed by atoms with van der Waals surface area (Å²) in [5.41, 5.74) is 1.89. The van der Waals surface area contributed by atoms with Gasteiger partial charge in [0.15, 0.2) is 5.82 Å². The highest BCUT2D eigenvalue weighted by Gasteiger charge is 2.16. The number of hydrogen-bond donors (Lipinski definition) is 1. The molecule has 5 nitrogen and oxygen atoms in total. The zero-order valence-corrected chi connectivity index (χ0v) is 12.5. The lowest BCUT2D eigenvalue weighted by Crippen LogP contribution is -2.06. The predicted molar refractivity (Wildman–Crippen MR) is 75.6 cm³/mol. The molecule has 2 aromatic rings. The van der Waals surface area contributed by atoms with Gasteiger partial charge in [0.2, 0.25) is 0 Å². The van der Waals surface area contributed by atoms with E-state index in [0.29, 0.717) is 11.7 Å². The molecule has 0 aliphatic carbocycles. The van der Waals surface area contributed by atoms with Crippen LogP contribution in [0.4, 0.5) is 5.82 Å². The Labute approximate surface area is 115 Å². The summed E-state index contributed by atoms with van der Waals surface area (Å²) in [6.45, 7) is 4.22. The molecule has 0 amide bonds. The lowest BCUT2D eigenvalue weighted by atomic mass is 10.1. The van der Waals surface area contributed by atoms with Crippen molar-refractivity contribution in [3.8, 4) is 11.5 Å². The summed E-state index contributed by atoms with van der Waals surface area (Å²) in [4.78, 5) is 13.2. The molecule has 2 aromatic heterocycles. The second kappa shape index (κ2) is 5.06. The molecule has 0 spiro atoms. The highest BCUT2D eigenvalue weighted by Crippen LogP contribution is 2.30. The highest BCUT2D eigenvalue weighted by molar-refractivity contribution is 9.10. The maximum atomic E-state index is 4.62. The molecule has 18 heavy (non-hydrogen) atoms. The number of rotatable bonds is 3. The maximum absolute atomic E-state index is 4.62. The predicted octanol–water partition coefficient (Wildman–Crippen LogP) is 2.80. The fourth-order valence-electron chi connectivity index (χ4n) is 1.70. The number of nitrogens with one attached hydrogen (secondary N) is 1. The van der Waals surface area contributed by atoms with Crippen LogP contribution in [0, 0.1) is 0 Å². The summed E-state index contributed by atoms with van der Waals surface area (Å²) in [7, 11) is 3.78. The third kappa shape index (κ3) is 2.25. The summed E-state index contributed by atoms with van der Waals surface area (Å²) in [6.07, 6.45) is 3.52. The van der Waals surface area contributed by atoms with E-state index in [0.717, 1.165) is 21.7 Å². The van der Waals surface area contributed by atoms with Crippen molar-refractivity contribution < 1.29 is 0 Å². The van der Waals surface area contributed by atoms with Crippen LogP contribution in [-0.4, -0.2) is 26.6 Å². The van der Waals surface area contributed by atoms with Crippen LogP contribution in [0.2, 0.25) is 0 Å². The molecule has 0 aliphatic rings. The van der Waals surface area contributed by atoms with E-state index in [1.54, 1.807) is 12.5 Å². The van der Waals surface area contributed by atoms with Crippen LogP contribution in [0.25, 0.3) is 11.5 Å². The lowest BCUT2D eigenvalue weighted by molar-refractivity contribution is 0.805. The van der Waals surface area contributed by atoms with Crippen molar-refractivity contribution in [3.63, 3.8) is 0 Å². The first-order valence-electron chi connectivity index (χ1n) is 5.76. The molecule has 0 unspecified atom stereocenters. The molecule has 0 bridgehead atoms. The van der Waals surface area contributed by atoms with Crippen LogP contribution in [0.1, 0.15) is 25.5 Å². The molecular weight excluding hydrogens is 294 g/mol. The van der Waals surface area contributed by atoms with Gasteiger partial charge in [0, 0.05) is 14.1 Å². The summed E-state index contributed by atoms with van der Waals surface area (Å²) in [5.74, 6) is 1.80. The number of anilines is 1. The van der Waals surface area contributed by atoms with Crippen molar-refractivity contribution in [1.82, 2.24) is 19.5 Å². The Bertz CT molecular complexity index is 562. The molecule has 0 fully saturated rings. The number of aromatic nitrogens is 4. The van der Waals surface area contributed by atoms with Crippen LogP contribution in [0.5, 0.6) is 0 Å². The standard InChI is InChI=1S/C12H16BrN5/c1-7(2)10-9(13)12(14-3)17-11(16-10)8-5-15-6-18(8)4/h5-7H,1-4H3,(H,14,16,17).